The number of amides is 1. The third-order valence-corrected chi connectivity index (χ3v) is 7.04. The van der Waals surface area contributed by atoms with Crippen molar-refractivity contribution in [3.63, 3.8) is 0 Å². The molecule has 1 aromatic carbocycles. The summed E-state index contributed by atoms with van der Waals surface area (Å²) in [4.78, 5) is 27.0. The van der Waals surface area contributed by atoms with Gasteiger partial charge < -0.3 is 15.0 Å². The molecular formula is C22H30N2O3. The van der Waals surface area contributed by atoms with E-state index in [2.05, 4.69) is 24.4 Å². The van der Waals surface area contributed by atoms with Crippen LogP contribution in [0.2, 0.25) is 0 Å². The first kappa shape index (κ1) is 18.5. The van der Waals surface area contributed by atoms with Crippen LogP contribution in [0.1, 0.15) is 60.5 Å². The van der Waals surface area contributed by atoms with Gasteiger partial charge in [0.25, 0.3) is 5.91 Å². The number of nitrogens with one attached hydrogen (secondary N) is 1. The van der Waals surface area contributed by atoms with Gasteiger partial charge in [-0.3, -0.25) is 9.59 Å². The lowest BCUT2D eigenvalue weighted by Crippen LogP contribution is -2.52. The van der Waals surface area contributed by atoms with Gasteiger partial charge in [-0.25, -0.2) is 0 Å². The fourth-order valence-electron chi connectivity index (χ4n) is 5.33. The Bertz CT molecular complexity index is 737. The molecule has 1 N–H and O–H groups in total. The number of carbonyl (C=O) groups is 2. The molecule has 2 aliphatic carbocycles. The third kappa shape index (κ3) is 3.27. The van der Waals surface area contributed by atoms with Crippen LogP contribution in [-0.4, -0.2) is 49.6 Å². The average Bonchev–Trinajstić information content (AvgIpc) is 3.05. The van der Waals surface area contributed by atoms with Crippen LogP contribution in [0.15, 0.2) is 18.2 Å². The van der Waals surface area contributed by atoms with Crippen LogP contribution in [0.3, 0.4) is 0 Å². The second-order valence-electron chi connectivity index (χ2n) is 8.50. The van der Waals surface area contributed by atoms with Crippen molar-refractivity contribution < 1.29 is 14.3 Å². The first-order chi connectivity index (χ1) is 13.0. The van der Waals surface area contributed by atoms with Gasteiger partial charge in [0.2, 0.25) is 0 Å². The molecule has 1 saturated carbocycles. The maximum absolute atomic E-state index is 13.1. The Morgan fingerprint density at radius 2 is 2.00 bits per heavy atom. The highest BCUT2D eigenvalue weighted by Crippen LogP contribution is 2.50. The predicted octanol–water partition coefficient (Wildman–Crippen LogP) is 2.67. The van der Waals surface area contributed by atoms with E-state index in [4.69, 9.17) is 4.74 Å². The lowest BCUT2D eigenvalue weighted by Gasteiger charge is -2.38. The molecule has 1 saturated heterocycles. The second kappa shape index (κ2) is 7.27. The van der Waals surface area contributed by atoms with Gasteiger partial charge in [0, 0.05) is 31.2 Å². The first-order valence-electron chi connectivity index (χ1n) is 10.3. The average molecular weight is 370 g/mol. The van der Waals surface area contributed by atoms with Crippen LogP contribution in [0.5, 0.6) is 0 Å². The van der Waals surface area contributed by atoms with Crippen molar-refractivity contribution >= 4 is 11.9 Å². The quantitative estimate of drug-likeness (QED) is 0.813. The van der Waals surface area contributed by atoms with Crippen LogP contribution in [-0.2, 0) is 21.4 Å². The smallest absolute Gasteiger partial charge is 0.308 e. The summed E-state index contributed by atoms with van der Waals surface area (Å²) in [6.45, 7) is 4.59. The van der Waals surface area contributed by atoms with Crippen molar-refractivity contribution in [3.05, 3.63) is 34.9 Å². The summed E-state index contributed by atoms with van der Waals surface area (Å²) in [5.41, 5.74) is 3.71. The summed E-state index contributed by atoms with van der Waals surface area (Å²) >= 11 is 0. The zero-order chi connectivity index (χ0) is 19.0. The van der Waals surface area contributed by atoms with E-state index < -0.39 is 0 Å². The Hall–Kier alpha value is -1.88. The molecular weight excluding hydrogens is 340 g/mol. The summed E-state index contributed by atoms with van der Waals surface area (Å²) in [7, 11) is 1.48. The molecule has 1 aliphatic heterocycles. The maximum atomic E-state index is 13.1. The van der Waals surface area contributed by atoms with Crippen LogP contribution in [0.25, 0.3) is 0 Å². The van der Waals surface area contributed by atoms with Gasteiger partial charge in [-0.05, 0) is 74.1 Å². The van der Waals surface area contributed by atoms with Crippen molar-refractivity contribution in [1.82, 2.24) is 10.2 Å². The number of aryl methyl sites for hydroxylation is 1. The molecule has 4 rings (SSSR count). The number of fused-ring (bicyclic) bond motifs is 2. The van der Waals surface area contributed by atoms with Gasteiger partial charge >= 0.3 is 5.97 Å². The van der Waals surface area contributed by atoms with Crippen molar-refractivity contribution in [3.8, 4) is 0 Å². The second-order valence-corrected chi connectivity index (χ2v) is 8.50. The van der Waals surface area contributed by atoms with Crippen LogP contribution < -0.4 is 5.32 Å². The number of carbonyl (C=O) groups excluding carboxylic acids is 2. The largest absolute Gasteiger partial charge is 0.469 e. The van der Waals surface area contributed by atoms with E-state index in [1.165, 1.54) is 18.2 Å². The lowest BCUT2D eigenvalue weighted by molar-refractivity contribution is -0.147. The fourth-order valence-corrected chi connectivity index (χ4v) is 5.33. The Morgan fingerprint density at radius 1 is 1.22 bits per heavy atom. The Balaban J connectivity index is 1.56. The van der Waals surface area contributed by atoms with Crippen molar-refractivity contribution in [2.45, 2.75) is 56.9 Å². The SMILES string of the molecule is COC(=O)C1CCC2(CCc3ccc(C(=O)N4CCNC[C@@H]4C)cc32)CC1. The summed E-state index contributed by atoms with van der Waals surface area (Å²) in [5, 5.41) is 3.35. The third-order valence-electron chi connectivity index (χ3n) is 7.04. The monoisotopic (exact) mass is 370 g/mol. The first-order valence-corrected chi connectivity index (χ1v) is 10.3. The van der Waals surface area contributed by atoms with Gasteiger partial charge in [-0.1, -0.05) is 6.07 Å². The molecule has 0 unspecified atom stereocenters. The zero-order valence-electron chi connectivity index (χ0n) is 16.4. The van der Waals surface area contributed by atoms with Gasteiger partial charge in [-0.15, -0.1) is 0 Å². The molecule has 1 atom stereocenters. The lowest BCUT2D eigenvalue weighted by atomic mass is 9.67. The Morgan fingerprint density at radius 3 is 2.70 bits per heavy atom. The minimum absolute atomic E-state index is 0.0381. The highest BCUT2D eigenvalue weighted by atomic mass is 16.5. The van der Waals surface area contributed by atoms with Crippen molar-refractivity contribution in [2.24, 2.45) is 5.92 Å². The number of methoxy groups -OCH3 is 1. The van der Waals surface area contributed by atoms with Crippen LogP contribution in [0, 0.1) is 5.92 Å². The zero-order valence-corrected chi connectivity index (χ0v) is 16.4. The molecule has 146 valence electrons. The van der Waals surface area contributed by atoms with Crippen molar-refractivity contribution in [1.29, 1.82) is 0 Å². The van der Waals surface area contributed by atoms with E-state index in [0.29, 0.717) is 0 Å². The van der Waals surface area contributed by atoms with E-state index in [0.717, 1.165) is 63.7 Å². The van der Waals surface area contributed by atoms with Crippen molar-refractivity contribution in [2.75, 3.05) is 26.7 Å². The molecule has 0 aromatic heterocycles. The minimum Gasteiger partial charge on any atom is -0.469 e. The normalized spacial score (nSPS) is 30.2. The van der Waals surface area contributed by atoms with E-state index in [1.807, 2.05) is 11.0 Å². The highest BCUT2D eigenvalue weighted by molar-refractivity contribution is 5.95. The number of hydrogen-bond donors (Lipinski definition) is 1. The van der Waals surface area contributed by atoms with E-state index in [1.54, 1.807) is 0 Å². The Labute approximate surface area is 161 Å². The number of benzene rings is 1. The molecule has 5 heteroatoms. The number of rotatable bonds is 2. The van der Waals surface area contributed by atoms with Crippen LogP contribution in [0.4, 0.5) is 0 Å². The summed E-state index contributed by atoms with van der Waals surface area (Å²) in [6.07, 6.45) is 6.02. The summed E-state index contributed by atoms with van der Waals surface area (Å²) < 4.78 is 4.94. The molecule has 2 fully saturated rings. The van der Waals surface area contributed by atoms with E-state index in [-0.39, 0.29) is 29.3 Å². The number of piperazine rings is 1. The number of esters is 1. The van der Waals surface area contributed by atoms with Gasteiger partial charge in [0.05, 0.1) is 13.0 Å². The van der Waals surface area contributed by atoms with Gasteiger partial charge in [0.15, 0.2) is 0 Å². The maximum Gasteiger partial charge on any atom is 0.308 e. The van der Waals surface area contributed by atoms with E-state index >= 15 is 0 Å². The minimum atomic E-state index is -0.0697. The van der Waals surface area contributed by atoms with E-state index in [9.17, 15) is 9.59 Å². The molecule has 1 heterocycles. The molecule has 0 radical (unpaired) electrons. The number of ether oxygens (including phenoxy) is 1. The molecule has 1 spiro atoms. The summed E-state index contributed by atoms with van der Waals surface area (Å²) in [6, 6.07) is 6.56. The predicted molar refractivity (Wildman–Crippen MR) is 104 cm³/mol. The molecule has 1 amide bonds. The fraction of sp³-hybridized carbons (Fsp3) is 0.636. The molecule has 3 aliphatic rings. The standard InChI is InChI=1S/C22H30N2O3/c1-15-14-23-11-12-24(15)20(25)18-4-3-16-5-8-22(19(16)13-18)9-6-17(7-10-22)21(26)27-2/h3-4,13,15,17,23H,5-12,14H2,1-2H3/t15-,17?,22?/m0/s1. The number of nitrogens with zero attached hydrogens (tertiary/aromatic N) is 1. The summed E-state index contributed by atoms with van der Waals surface area (Å²) in [5.74, 6) is 0.119. The molecule has 27 heavy (non-hydrogen) atoms. The number of hydrogen-bond acceptors (Lipinski definition) is 4. The molecule has 1 aromatic rings. The highest BCUT2D eigenvalue weighted by Gasteiger charge is 2.43. The topological polar surface area (TPSA) is 58.6 Å². The Kier molecular flexibility index (Phi) is 4.97. The van der Waals surface area contributed by atoms with Crippen LogP contribution >= 0.6 is 0 Å². The van der Waals surface area contributed by atoms with Gasteiger partial charge in [-0.2, -0.15) is 0 Å². The van der Waals surface area contributed by atoms with Gasteiger partial charge in [0.1, 0.15) is 0 Å². The molecule has 0 bridgehead atoms. The molecule has 5 nitrogen and oxygen atoms in total.